The van der Waals surface area contributed by atoms with Crippen molar-refractivity contribution in [2.75, 3.05) is 20.8 Å². The summed E-state index contributed by atoms with van der Waals surface area (Å²) in [5.74, 6) is 1.94. The number of rotatable bonds is 6. The van der Waals surface area contributed by atoms with Crippen molar-refractivity contribution in [3.8, 4) is 39.9 Å². The van der Waals surface area contributed by atoms with Crippen LogP contribution in [0.4, 0.5) is 0 Å². The lowest BCUT2D eigenvalue weighted by Crippen LogP contribution is -2.31. The van der Waals surface area contributed by atoms with E-state index in [9.17, 15) is 20.4 Å². The number of methoxy groups -OCH3 is 2. The Morgan fingerprint density at radius 2 is 1.77 bits per heavy atom. The summed E-state index contributed by atoms with van der Waals surface area (Å²) in [7, 11) is 3.11. The molecule has 5 rings (SSSR count). The molecular formula is C28H30O7. The molecule has 4 N–H and O–H groups in total. The average Bonchev–Trinajstić information content (AvgIpc) is 2.86. The van der Waals surface area contributed by atoms with Crippen LogP contribution in [-0.4, -0.2) is 47.4 Å². The van der Waals surface area contributed by atoms with Crippen molar-refractivity contribution in [3.05, 3.63) is 64.2 Å². The zero-order valence-electron chi connectivity index (χ0n) is 19.9. The van der Waals surface area contributed by atoms with E-state index in [0.29, 0.717) is 47.6 Å². The normalized spacial score (nSPS) is 18.2. The molecule has 1 aliphatic heterocycles. The van der Waals surface area contributed by atoms with Gasteiger partial charge in [0.1, 0.15) is 23.4 Å². The fraction of sp³-hybridized carbons (Fsp3) is 0.357. The van der Waals surface area contributed by atoms with Crippen molar-refractivity contribution in [2.24, 2.45) is 0 Å². The number of hydrogen-bond acceptors (Lipinski definition) is 7. The largest absolute Gasteiger partial charge is 0.508 e. The van der Waals surface area contributed by atoms with Gasteiger partial charge in [-0.1, -0.05) is 6.07 Å². The maximum Gasteiger partial charge on any atom is 0.161 e. The van der Waals surface area contributed by atoms with E-state index in [0.717, 1.165) is 40.7 Å². The smallest absolute Gasteiger partial charge is 0.161 e. The van der Waals surface area contributed by atoms with Crippen molar-refractivity contribution in [1.29, 1.82) is 0 Å². The number of aromatic hydroxyl groups is 2. The van der Waals surface area contributed by atoms with Gasteiger partial charge in [-0.05, 0) is 77.8 Å². The highest BCUT2D eigenvalue weighted by atomic mass is 16.5. The van der Waals surface area contributed by atoms with Crippen LogP contribution < -0.4 is 14.2 Å². The van der Waals surface area contributed by atoms with Crippen molar-refractivity contribution in [1.82, 2.24) is 0 Å². The number of hydrogen-bond donors (Lipinski definition) is 4. The number of aryl methyl sites for hydroxylation is 2. The van der Waals surface area contributed by atoms with E-state index < -0.39 is 12.2 Å². The third kappa shape index (κ3) is 4.05. The third-order valence-corrected chi connectivity index (χ3v) is 7.04. The summed E-state index contributed by atoms with van der Waals surface area (Å²) in [4.78, 5) is 0. The van der Waals surface area contributed by atoms with Crippen molar-refractivity contribution in [2.45, 2.75) is 44.3 Å². The average molecular weight is 479 g/mol. The molecule has 184 valence electrons. The van der Waals surface area contributed by atoms with E-state index in [2.05, 4.69) is 0 Å². The van der Waals surface area contributed by atoms with Crippen LogP contribution in [0.15, 0.2) is 36.4 Å². The van der Waals surface area contributed by atoms with Crippen molar-refractivity contribution < 1.29 is 34.6 Å². The molecule has 0 saturated carbocycles. The molecule has 0 aromatic heterocycles. The van der Waals surface area contributed by atoms with E-state index >= 15 is 0 Å². The second kappa shape index (κ2) is 9.32. The van der Waals surface area contributed by atoms with E-state index in [-0.39, 0.29) is 18.1 Å². The van der Waals surface area contributed by atoms with Gasteiger partial charge < -0.3 is 34.6 Å². The molecule has 3 aromatic carbocycles. The first-order valence-corrected chi connectivity index (χ1v) is 11.9. The van der Waals surface area contributed by atoms with Gasteiger partial charge in [-0.25, -0.2) is 0 Å². The lowest BCUT2D eigenvalue weighted by molar-refractivity contribution is 0.0202. The molecular weight excluding hydrogens is 448 g/mol. The van der Waals surface area contributed by atoms with Crippen LogP contribution in [0.25, 0.3) is 11.1 Å². The molecule has 3 aromatic rings. The van der Waals surface area contributed by atoms with Gasteiger partial charge >= 0.3 is 0 Å². The Labute approximate surface area is 204 Å². The quantitative estimate of drug-likeness (QED) is 0.426. The molecule has 0 saturated heterocycles. The van der Waals surface area contributed by atoms with Crippen LogP contribution in [-0.2, 0) is 25.7 Å². The van der Waals surface area contributed by atoms with Gasteiger partial charge in [-0.2, -0.15) is 0 Å². The second-order valence-corrected chi connectivity index (χ2v) is 9.12. The molecule has 0 radical (unpaired) electrons. The molecule has 1 heterocycles. The zero-order valence-corrected chi connectivity index (χ0v) is 19.9. The van der Waals surface area contributed by atoms with Gasteiger partial charge in [0.2, 0.25) is 0 Å². The van der Waals surface area contributed by atoms with Crippen LogP contribution in [0.3, 0.4) is 0 Å². The third-order valence-electron chi connectivity index (χ3n) is 7.04. The highest BCUT2D eigenvalue weighted by Crippen LogP contribution is 2.49. The molecule has 2 aliphatic rings. The predicted octanol–water partition coefficient (Wildman–Crippen LogP) is 3.84. The van der Waals surface area contributed by atoms with E-state index in [1.807, 2.05) is 18.2 Å². The minimum absolute atomic E-state index is 0.00949. The Morgan fingerprint density at radius 1 is 0.971 bits per heavy atom. The minimum atomic E-state index is -0.804. The molecule has 0 unspecified atom stereocenters. The Bertz CT molecular complexity index is 1270. The monoisotopic (exact) mass is 478 g/mol. The first-order valence-electron chi connectivity index (χ1n) is 11.9. The maximum atomic E-state index is 11.2. The first kappa shape index (κ1) is 23.3. The molecule has 0 amide bonds. The van der Waals surface area contributed by atoms with Crippen LogP contribution in [0, 0.1) is 0 Å². The Balaban J connectivity index is 1.57. The van der Waals surface area contributed by atoms with Gasteiger partial charge in [0.25, 0.3) is 0 Å². The van der Waals surface area contributed by atoms with Gasteiger partial charge in [0.15, 0.2) is 11.5 Å². The second-order valence-electron chi connectivity index (χ2n) is 9.12. The number of aliphatic hydroxyl groups is 2. The van der Waals surface area contributed by atoms with E-state index in [1.54, 1.807) is 25.3 Å². The van der Waals surface area contributed by atoms with Gasteiger partial charge in [0.05, 0.1) is 20.3 Å². The SMILES string of the molecule is COc1cc([C@@H]2Oc3cc(OC)c4c(c3C[C@H]2O)CCc2cc(O)ccc2-4)cc(CCCO)c1O. The number of benzene rings is 3. The summed E-state index contributed by atoms with van der Waals surface area (Å²) in [6.07, 6.45) is 1.46. The molecule has 0 spiro atoms. The maximum absolute atomic E-state index is 11.2. The van der Waals surface area contributed by atoms with Crippen LogP contribution in [0.2, 0.25) is 0 Å². The minimum Gasteiger partial charge on any atom is -0.508 e. The molecule has 35 heavy (non-hydrogen) atoms. The van der Waals surface area contributed by atoms with Gasteiger partial charge in [-0.15, -0.1) is 0 Å². The molecule has 7 nitrogen and oxygen atoms in total. The van der Waals surface area contributed by atoms with Crippen LogP contribution in [0.1, 0.15) is 40.3 Å². The molecule has 7 heteroatoms. The highest BCUT2D eigenvalue weighted by molar-refractivity contribution is 5.82. The summed E-state index contributed by atoms with van der Waals surface area (Å²) in [6, 6.07) is 10.8. The van der Waals surface area contributed by atoms with Crippen LogP contribution in [0.5, 0.6) is 28.7 Å². The Hall–Kier alpha value is -3.42. The summed E-state index contributed by atoms with van der Waals surface area (Å²) in [6.45, 7) is 0.00949. The topological polar surface area (TPSA) is 109 Å². The molecule has 2 atom stereocenters. The van der Waals surface area contributed by atoms with E-state index in [4.69, 9.17) is 14.2 Å². The summed E-state index contributed by atoms with van der Waals surface area (Å²) in [5.41, 5.74) is 6.48. The lowest BCUT2D eigenvalue weighted by Gasteiger charge is -2.35. The zero-order chi connectivity index (χ0) is 24.7. The number of phenols is 2. The van der Waals surface area contributed by atoms with E-state index in [1.165, 1.54) is 7.11 Å². The summed E-state index contributed by atoms with van der Waals surface area (Å²) in [5, 5.41) is 40.9. The fourth-order valence-corrected chi connectivity index (χ4v) is 5.37. The summed E-state index contributed by atoms with van der Waals surface area (Å²) < 4.78 is 17.5. The van der Waals surface area contributed by atoms with Crippen LogP contribution >= 0.6 is 0 Å². The Kier molecular flexibility index (Phi) is 6.21. The molecule has 0 fully saturated rings. The number of aliphatic hydroxyl groups excluding tert-OH is 2. The highest BCUT2D eigenvalue weighted by Gasteiger charge is 2.35. The first-order chi connectivity index (χ1) is 16.9. The van der Waals surface area contributed by atoms with Gasteiger partial charge in [-0.3, -0.25) is 0 Å². The van der Waals surface area contributed by atoms with Gasteiger partial charge in [0, 0.05) is 30.2 Å². The Morgan fingerprint density at radius 3 is 2.51 bits per heavy atom. The fourth-order valence-electron chi connectivity index (χ4n) is 5.37. The standard InChI is InChI=1S/C28H30O7/c1-33-24-14-23-21(20-7-5-15-11-18(30)6-8-19(15)26(20)24)13-22(31)28(35-23)17-10-16(4-3-9-29)27(32)25(12-17)34-2/h6,8,10-12,14,22,28-32H,3-5,7,9,13H2,1-2H3/t22-,28+/m1/s1. The predicted molar refractivity (Wildman–Crippen MR) is 131 cm³/mol. The summed E-state index contributed by atoms with van der Waals surface area (Å²) >= 11 is 0. The van der Waals surface area contributed by atoms with Crippen molar-refractivity contribution in [3.63, 3.8) is 0 Å². The molecule has 1 aliphatic carbocycles. The van der Waals surface area contributed by atoms with Crippen molar-refractivity contribution >= 4 is 0 Å². The number of phenolic OH excluding ortho intramolecular Hbond substituents is 2. The number of fused-ring (bicyclic) bond motifs is 5. The molecule has 0 bridgehead atoms. The number of ether oxygens (including phenoxy) is 3. The lowest BCUT2D eigenvalue weighted by atomic mass is 9.80.